The molecule has 25 heavy (non-hydrogen) atoms. The number of benzene rings is 2. The Balaban J connectivity index is 0.000000443. The fourth-order valence-electron chi connectivity index (χ4n) is 1.71. The number of oxime groups is 2. The van der Waals surface area contributed by atoms with Gasteiger partial charge in [-0.15, -0.1) is 0 Å². The van der Waals surface area contributed by atoms with E-state index in [9.17, 15) is 10.2 Å². The molecular weight excluding hydrogens is 380 g/mol. The van der Waals surface area contributed by atoms with Gasteiger partial charge in [0.15, 0.2) is 0 Å². The maximum atomic E-state index is 11.3. The van der Waals surface area contributed by atoms with Crippen LogP contribution in [0, 0.1) is 0 Å². The van der Waals surface area contributed by atoms with Gasteiger partial charge in [0.05, 0.1) is 26.6 Å². The molecular formula is C16H16CuN2O6. The van der Waals surface area contributed by atoms with Crippen LogP contribution in [0.5, 0.6) is 23.0 Å². The number of para-hydroxylation sites is 2. The molecule has 0 fully saturated rings. The van der Waals surface area contributed by atoms with Crippen LogP contribution < -0.4 is 19.7 Å². The maximum absolute atomic E-state index is 11.3. The first-order valence-corrected chi connectivity index (χ1v) is 6.61. The summed E-state index contributed by atoms with van der Waals surface area (Å²) in [7, 11) is 2.83. The Kier molecular flexibility index (Phi) is 10.3. The Morgan fingerprint density at radius 3 is 1.44 bits per heavy atom. The molecule has 0 aliphatic heterocycles. The summed E-state index contributed by atoms with van der Waals surface area (Å²) >= 11 is 0. The van der Waals surface area contributed by atoms with Crippen LogP contribution in [-0.4, -0.2) is 37.1 Å². The third-order valence-electron chi connectivity index (χ3n) is 2.85. The van der Waals surface area contributed by atoms with Gasteiger partial charge in [0.2, 0.25) is 0 Å². The van der Waals surface area contributed by atoms with Crippen LogP contribution in [0.15, 0.2) is 46.7 Å². The van der Waals surface area contributed by atoms with E-state index in [0.717, 1.165) is 12.4 Å². The third-order valence-corrected chi connectivity index (χ3v) is 2.85. The van der Waals surface area contributed by atoms with Crippen molar-refractivity contribution in [2.45, 2.75) is 0 Å². The Morgan fingerprint density at radius 2 is 1.16 bits per heavy atom. The van der Waals surface area contributed by atoms with Gasteiger partial charge in [-0.25, -0.2) is 0 Å². The van der Waals surface area contributed by atoms with E-state index in [1.54, 1.807) is 36.4 Å². The normalized spacial score (nSPS) is 10.0. The van der Waals surface area contributed by atoms with Crippen molar-refractivity contribution in [2.75, 3.05) is 14.2 Å². The number of hydrogen-bond donors (Lipinski definition) is 2. The van der Waals surface area contributed by atoms with E-state index in [2.05, 4.69) is 10.3 Å². The van der Waals surface area contributed by atoms with Gasteiger partial charge < -0.3 is 30.1 Å². The first-order chi connectivity index (χ1) is 11.6. The molecule has 0 aliphatic rings. The summed E-state index contributed by atoms with van der Waals surface area (Å²) in [6.07, 6.45) is 2.15. The molecule has 0 spiro atoms. The molecule has 9 heteroatoms. The summed E-state index contributed by atoms with van der Waals surface area (Å²) in [5.41, 5.74) is 0.605. The summed E-state index contributed by atoms with van der Waals surface area (Å²) in [6.45, 7) is 0. The van der Waals surface area contributed by atoms with Gasteiger partial charge in [0.1, 0.15) is 11.5 Å². The average Bonchev–Trinajstić information content (AvgIpc) is 2.60. The quantitative estimate of drug-likeness (QED) is 0.345. The minimum atomic E-state index is -0.280. The van der Waals surface area contributed by atoms with Crippen LogP contribution in [0.25, 0.3) is 0 Å². The predicted molar refractivity (Wildman–Crippen MR) is 83.6 cm³/mol. The van der Waals surface area contributed by atoms with Gasteiger partial charge in [-0.1, -0.05) is 46.1 Å². The van der Waals surface area contributed by atoms with E-state index >= 15 is 0 Å². The van der Waals surface area contributed by atoms with Crippen LogP contribution in [0.1, 0.15) is 11.1 Å². The summed E-state index contributed by atoms with van der Waals surface area (Å²) < 4.78 is 9.55. The van der Waals surface area contributed by atoms with E-state index in [0.29, 0.717) is 11.1 Å². The first-order valence-electron chi connectivity index (χ1n) is 6.61. The molecule has 0 saturated carbocycles. The zero-order chi connectivity index (χ0) is 17.9. The van der Waals surface area contributed by atoms with Gasteiger partial charge in [0.25, 0.3) is 0 Å². The van der Waals surface area contributed by atoms with Crippen LogP contribution in [0.2, 0.25) is 0 Å². The molecule has 1 radical (unpaired) electrons. The molecule has 2 N–H and O–H groups in total. The molecule has 8 nitrogen and oxygen atoms in total. The Morgan fingerprint density at radius 1 is 0.800 bits per heavy atom. The molecule has 0 unspecified atom stereocenters. The molecule has 137 valence electrons. The Hall–Kier alpha value is -2.90. The van der Waals surface area contributed by atoms with E-state index < -0.39 is 0 Å². The maximum Gasteiger partial charge on any atom is 2.00 e. The first kappa shape index (κ1) is 22.1. The van der Waals surface area contributed by atoms with Crippen molar-refractivity contribution in [3.05, 3.63) is 47.5 Å². The van der Waals surface area contributed by atoms with Crippen molar-refractivity contribution < 1.29 is 47.2 Å². The zero-order valence-corrected chi connectivity index (χ0v) is 14.3. The molecule has 0 atom stereocenters. The fourth-order valence-corrected chi connectivity index (χ4v) is 1.71. The summed E-state index contributed by atoms with van der Waals surface area (Å²) in [5.74, 6) is -0.0737. The summed E-state index contributed by atoms with van der Waals surface area (Å²) in [5, 5.41) is 44.4. The van der Waals surface area contributed by atoms with Crippen LogP contribution in [0.4, 0.5) is 0 Å². The van der Waals surface area contributed by atoms with Crippen molar-refractivity contribution in [2.24, 2.45) is 10.3 Å². The van der Waals surface area contributed by atoms with Crippen LogP contribution in [-0.2, 0) is 17.1 Å². The van der Waals surface area contributed by atoms with E-state index in [4.69, 9.17) is 19.9 Å². The van der Waals surface area contributed by atoms with E-state index in [1.165, 1.54) is 14.2 Å². The van der Waals surface area contributed by atoms with Gasteiger partial charge in [-0.05, 0) is 23.3 Å². The SMILES string of the molecule is COc1cccc(/C=N/O)c1[O-].COc1cccc(/C=N/O)c1[O-].[Cu+2]. The van der Waals surface area contributed by atoms with Crippen molar-refractivity contribution in [1.82, 2.24) is 0 Å². The van der Waals surface area contributed by atoms with Crippen molar-refractivity contribution in [1.29, 1.82) is 0 Å². The minimum absolute atomic E-state index is 0. The molecule has 2 rings (SSSR count). The Bertz CT molecular complexity index is 660. The standard InChI is InChI=1S/2C8H9NO3.Cu/c2*1-12-7-4-2-3-6(5-9-11)8(7)10;/h2*2-5,10-11H,1H3;/q;;+2/p-2/b2*9-5+;. The molecule has 0 heterocycles. The number of hydrogen-bond acceptors (Lipinski definition) is 8. The van der Waals surface area contributed by atoms with Gasteiger partial charge in [0, 0.05) is 0 Å². The van der Waals surface area contributed by atoms with Gasteiger partial charge in [-0.3, -0.25) is 0 Å². The molecule has 0 aliphatic carbocycles. The van der Waals surface area contributed by atoms with Gasteiger partial charge in [-0.2, -0.15) is 0 Å². The number of rotatable bonds is 4. The second-order valence-corrected chi connectivity index (χ2v) is 4.25. The zero-order valence-electron chi connectivity index (χ0n) is 13.3. The predicted octanol–water partition coefficient (Wildman–Crippen LogP) is 1.15. The molecule has 0 bridgehead atoms. The summed E-state index contributed by atoms with van der Waals surface area (Å²) in [4.78, 5) is 0. The monoisotopic (exact) mass is 395 g/mol. The topological polar surface area (TPSA) is 130 Å². The molecule has 2 aromatic rings. The van der Waals surface area contributed by atoms with Crippen molar-refractivity contribution >= 4 is 12.4 Å². The second kappa shape index (κ2) is 11.6. The minimum Gasteiger partial charge on any atom is -0.870 e. The fraction of sp³-hybridized carbons (Fsp3) is 0.125. The van der Waals surface area contributed by atoms with E-state index in [-0.39, 0.29) is 40.1 Å². The number of methoxy groups -OCH3 is 2. The number of ether oxygens (including phenoxy) is 2. The third kappa shape index (κ3) is 6.25. The Labute approximate surface area is 155 Å². The van der Waals surface area contributed by atoms with Crippen molar-refractivity contribution in [3.63, 3.8) is 0 Å². The molecule has 0 aromatic heterocycles. The van der Waals surface area contributed by atoms with Gasteiger partial charge >= 0.3 is 17.1 Å². The molecule has 0 saturated heterocycles. The molecule has 0 amide bonds. The van der Waals surface area contributed by atoms with Crippen molar-refractivity contribution in [3.8, 4) is 23.0 Å². The largest absolute Gasteiger partial charge is 2.00 e. The number of nitrogens with zero attached hydrogens (tertiary/aromatic N) is 2. The average molecular weight is 396 g/mol. The van der Waals surface area contributed by atoms with E-state index in [1.807, 2.05) is 0 Å². The smallest absolute Gasteiger partial charge is 0.870 e. The molecule has 2 aromatic carbocycles. The van der Waals surface area contributed by atoms with Crippen LogP contribution in [0.3, 0.4) is 0 Å². The second-order valence-electron chi connectivity index (χ2n) is 4.25. The summed E-state index contributed by atoms with van der Waals surface area (Å²) in [6, 6.07) is 9.50. The van der Waals surface area contributed by atoms with Crippen LogP contribution >= 0.6 is 0 Å².